The van der Waals surface area contributed by atoms with E-state index >= 15 is 0 Å². The number of halogens is 3. The number of hydrogen-bond acceptors (Lipinski definition) is 1. The first-order valence-corrected chi connectivity index (χ1v) is 7.73. The Morgan fingerprint density at radius 2 is 1.90 bits per heavy atom. The average molecular weight is 357 g/mol. The first-order valence-electron chi connectivity index (χ1n) is 6.56. The Bertz CT molecular complexity index is 571. The first-order chi connectivity index (χ1) is 9.63. The zero-order chi connectivity index (χ0) is 14.5. The molecule has 0 heterocycles. The van der Waals surface area contributed by atoms with Crippen molar-refractivity contribution in [3.63, 3.8) is 0 Å². The van der Waals surface area contributed by atoms with Crippen molar-refractivity contribution in [2.75, 3.05) is 6.54 Å². The van der Waals surface area contributed by atoms with Crippen molar-refractivity contribution in [2.24, 2.45) is 0 Å². The zero-order valence-corrected chi connectivity index (χ0v) is 13.5. The Morgan fingerprint density at radius 3 is 2.55 bits per heavy atom. The molecule has 0 radical (unpaired) electrons. The Kier molecular flexibility index (Phi) is 5.58. The fourth-order valence-electron chi connectivity index (χ4n) is 2.09. The standard InChI is InChI=1S/C16H16BrClFN/c1-2-10-20-16(11-6-8-12(19)9-7-11)13-4-3-5-14(17)15(13)18/h3-9,16,20H,2,10H2,1H3. The number of benzene rings is 2. The summed E-state index contributed by atoms with van der Waals surface area (Å²) in [6.45, 7) is 2.97. The summed E-state index contributed by atoms with van der Waals surface area (Å²) < 4.78 is 14.0. The molecule has 0 saturated heterocycles. The van der Waals surface area contributed by atoms with Crippen LogP contribution in [0.25, 0.3) is 0 Å². The van der Waals surface area contributed by atoms with Gasteiger partial charge in [0.25, 0.3) is 0 Å². The fourth-order valence-corrected chi connectivity index (χ4v) is 2.71. The van der Waals surface area contributed by atoms with Crippen LogP contribution in [0.1, 0.15) is 30.5 Å². The third kappa shape index (κ3) is 3.60. The van der Waals surface area contributed by atoms with Gasteiger partial charge in [-0.25, -0.2) is 4.39 Å². The van der Waals surface area contributed by atoms with E-state index in [-0.39, 0.29) is 11.9 Å². The molecule has 20 heavy (non-hydrogen) atoms. The zero-order valence-electron chi connectivity index (χ0n) is 11.2. The molecule has 2 aromatic carbocycles. The van der Waals surface area contributed by atoms with Gasteiger partial charge in [0.15, 0.2) is 0 Å². The minimum Gasteiger partial charge on any atom is -0.306 e. The summed E-state index contributed by atoms with van der Waals surface area (Å²) in [5, 5.41) is 4.15. The van der Waals surface area contributed by atoms with E-state index in [2.05, 4.69) is 28.2 Å². The van der Waals surface area contributed by atoms with Gasteiger partial charge in [-0.1, -0.05) is 42.8 Å². The van der Waals surface area contributed by atoms with Crippen LogP contribution in [0.3, 0.4) is 0 Å². The smallest absolute Gasteiger partial charge is 0.123 e. The normalized spacial score (nSPS) is 12.4. The first kappa shape index (κ1) is 15.5. The Labute approximate surface area is 132 Å². The summed E-state index contributed by atoms with van der Waals surface area (Å²) in [4.78, 5) is 0. The van der Waals surface area contributed by atoms with Crippen molar-refractivity contribution in [2.45, 2.75) is 19.4 Å². The summed E-state index contributed by atoms with van der Waals surface area (Å²) in [6.07, 6.45) is 1.02. The van der Waals surface area contributed by atoms with Gasteiger partial charge < -0.3 is 5.32 Å². The van der Waals surface area contributed by atoms with Crippen LogP contribution in [-0.2, 0) is 0 Å². The number of rotatable bonds is 5. The maximum Gasteiger partial charge on any atom is 0.123 e. The molecule has 2 rings (SSSR count). The van der Waals surface area contributed by atoms with E-state index in [1.807, 2.05) is 18.2 Å². The quantitative estimate of drug-likeness (QED) is 0.763. The van der Waals surface area contributed by atoms with Crippen molar-refractivity contribution in [3.05, 3.63) is 68.9 Å². The molecule has 0 amide bonds. The molecule has 106 valence electrons. The molecule has 0 saturated carbocycles. The summed E-state index contributed by atoms with van der Waals surface area (Å²) in [5.41, 5.74) is 1.99. The number of hydrogen-bond donors (Lipinski definition) is 1. The van der Waals surface area contributed by atoms with Crippen LogP contribution in [0, 0.1) is 5.82 Å². The van der Waals surface area contributed by atoms with Crippen LogP contribution >= 0.6 is 27.5 Å². The van der Waals surface area contributed by atoms with Crippen LogP contribution in [0.15, 0.2) is 46.9 Å². The molecule has 2 aromatic rings. The lowest BCUT2D eigenvalue weighted by atomic mass is 9.98. The van der Waals surface area contributed by atoms with Gasteiger partial charge in [-0.15, -0.1) is 0 Å². The lowest BCUT2D eigenvalue weighted by Crippen LogP contribution is -2.23. The average Bonchev–Trinajstić information content (AvgIpc) is 2.45. The minimum absolute atomic E-state index is 0.0412. The van der Waals surface area contributed by atoms with E-state index in [1.54, 1.807) is 12.1 Å². The van der Waals surface area contributed by atoms with Crippen molar-refractivity contribution < 1.29 is 4.39 Å². The maximum atomic E-state index is 13.1. The second-order valence-corrected chi connectivity index (χ2v) is 5.81. The Balaban J connectivity index is 2.41. The van der Waals surface area contributed by atoms with Gasteiger partial charge in [0.2, 0.25) is 0 Å². The van der Waals surface area contributed by atoms with Crippen molar-refractivity contribution in [1.82, 2.24) is 5.32 Å². The minimum atomic E-state index is -0.233. The van der Waals surface area contributed by atoms with Crippen LogP contribution < -0.4 is 5.32 Å². The molecule has 4 heteroatoms. The summed E-state index contributed by atoms with van der Waals surface area (Å²) in [6, 6.07) is 12.3. The van der Waals surface area contributed by atoms with E-state index in [9.17, 15) is 4.39 Å². The lowest BCUT2D eigenvalue weighted by Gasteiger charge is -2.21. The van der Waals surface area contributed by atoms with Crippen molar-refractivity contribution in [3.8, 4) is 0 Å². The maximum absolute atomic E-state index is 13.1. The lowest BCUT2D eigenvalue weighted by molar-refractivity contribution is 0.593. The highest BCUT2D eigenvalue weighted by atomic mass is 79.9. The molecule has 1 unspecified atom stereocenters. The van der Waals surface area contributed by atoms with Gasteiger partial charge in [-0.05, 0) is 58.2 Å². The molecule has 1 N–H and O–H groups in total. The second kappa shape index (κ2) is 7.21. The van der Waals surface area contributed by atoms with E-state index < -0.39 is 0 Å². The molecule has 0 bridgehead atoms. The molecule has 1 atom stereocenters. The molecule has 0 aromatic heterocycles. The topological polar surface area (TPSA) is 12.0 Å². The third-order valence-electron chi connectivity index (χ3n) is 3.09. The SMILES string of the molecule is CCCNC(c1ccc(F)cc1)c1cccc(Br)c1Cl. The third-order valence-corrected chi connectivity index (χ3v) is 4.41. The molecule has 0 aliphatic carbocycles. The van der Waals surface area contributed by atoms with Gasteiger partial charge in [0.1, 0.15) is 5.82 Å². The van der Waals surface area contributed by atoms with Crippen molar-refractivity contribution >= 4 is 27.5 Å². The molecular formula is C16H16BrClFN. The van der Waals surface area contributed by atoms with E-state index in [0.717, 1.165) is 28.6 Å². The van der Waals surface area contributed by atoms with Crippen LogP contribution in [-0.4, -0.2) is 6.54 Å². The van der Waals surface area contributed by atoms with Gasteiger partial charge in [-0.3, -0.25) is 0 Å². The molecule has 0 spiro atoms. The van der Waals surface area contributed by atoms with E-state index in [4.69, 9.17) is 11.6 Å². The molecule has 1 nitrogen and oxygen atoms in total. The van der Waals surface area contributed by atoms with Gasteiger partial charge in [0, 0.05) is 4.47 Å². The van der Waals surface area contributed by atoms with Crippen LogP contribution in [0.4, 0.5) is 4.39 Å². The largest absolute Gasteiger partial charge is 0.306 e. The highest BCUT2D eigenvalue weighted by molar-refractivity contribution is 9.10. The molecular weight excluding hydrogens is 341 g/mol. The summed E-state index contributed by atoms with van der Waals surface area (Å²) >= 11 is 9.83. The van der Waals surface area contributed by atoms with E-state index in [1.165, 1.54) is 12.1 Å². The summed E-state index contributed by atoms with van der Waals surface area (Å²) in [5.74, 6) is -0.233. The van der Waals surface area contributed by atoms with Gasteiger partial charge >= 0.3 is 0 Å². The second-order valence-electron chi connectivity index (χ2n) is 4.58. The highest BCUT2D eigenvalue weighted by Gasteiger charge is 2.17. The Morgan fingerprint density at radius 1 is 1.20 bits per heavy atom. The van der Waals surface area contributed by atoms with E-state index in [0.29, 0.717) is 5.02 Å². The molecule has 0 aliphatic rings. The van der Waals surface area contributed by atoms with Crippen molar-refractivity contribution in [1.29, 1.82) is 0 Å². The fraction of sp³-hybridized carbons (Fsp3) is 0.250. The predicted octanol–water partition coefficient (Wildman–Crippen LogP) is 5.33. The molecule has 0 fully saturated rings. The summed E-state index contributed by atoms with van der Waals surface area (Å²) in [7, 11) is 0. The van der Waals surface area contributed by atoms with Gasteiger partial charge in [0.05, 0.1) is 11.1 Å². The highest BCUT2D eigenvalue weighted by Crippen LogP contribution is 2.33. The Hall–Kier alpha value is -0.900. The molecule has 0 aliphatic heterocycles. The van der Waals surface area contributed by atoms with Gasteiger partial charge in [-0.2, -0.15) is 0 Å². The van der Waals surface area contributed by atoms with Crippen LogP contribution in [0.5, 0.6) is 0 Å². The predicted molar refractivity (Wildman–Crippen MR) is 85.7 cm³/mol. The van der Waals surface area contributed by atoms with Crippen LogP contribution in [0.2, 0.25) is 5.02 Å². The number of nitrogens with one attached hydrogen (secondary N) is 1. The monoisotopic (exact) mass is 355 g/mol.